The molecule has 1 atom stereocenters. The van der Waals surface area contributed by atoms with Gasteiger partial charge in [0, 0.05) is 17.0 Å². The predicted octanol–water partition coefficient (Wildman–Crippen LogP) is 3.50. The molecule has 3 rings (SSSR count). The number of carbonyl (C=O) groups is 2. The van der Waals surface area contributed by atoms with Gasteiger partial charge in [0.2, 0.25) is 5.91 Å². The van der Waals surface area contributed by atoms with Crippen molar-refractivity contribution in [2.24, 2.45) is 0 Å². The average Bonchev–Trinajstić information content (AvgIpc) is 2.91. The smallest absolute Gasteiger partial charge is 0.345 e. The largest absolute Gasteiger partial charge is 0.477 e. The van der Waals surface area contributed by atoms with Crippen molar-refractivity contribution in [2.75, 3.05) is 11.9 Å². The minimum Gasteiger partial charge on any atom is -0.477 e. The van der Waals surface area contributed by atoms with E-state index in [9.17, 15) is 9.59 Å². The number of benzene rings is 1. The molecule has 0 spiro atoms. The minimum atomic E-state index is -0.929. The van der Waals surface area contributed by atoms with Crippen molar-refractivity contribution in [3.63, 3.8) is 0 Å². The third kappa shape index (κ3) is 3.45. The summed E-state index contributed by atoms with van der Waals surface area (Å²) in [6.07, 6.45) is 3.48. The van der Waals surface area contributed by atoms with Crippen LogP contribution < -0.4 is 5.32 Å². The van der Waals surface area contributed by atoms with Gasteiger partial charge in [0.05, 0.1) is 12.5 Å². The Bertz CT molecular complexity index is 703. The molecule has 0 aliphatic carbocycles. The summed E-state index contributed by atoms with van der Waals surface area (Å²) in [6.45, 7) is 0.733. The van der Waals surface area contributed by atoms with Crippen LogP contribution in [0.1, 0.15) is 35.4 Å². The molecule has 0 radical (unpaired) electrons. The summed E-state index contributed by atoms with van der Waals surface area (Å²) in [5.74, 6) is -0.999. The third-order valence-corrected chi connectivity index (χ3v) is 4.80. The van der Waals surface area contributed by atoms with Gasteiger partial charge in [-0.1, -0.05) is 0 Å². The van der Waals surface area contributed by atoms with Gasteiger partial charge in [-0.15, -0.1) is 11.3 Å². The molecule has 2 heterocycles. The predicted molar refractivity (Wildman–Crippen MR) is 85.6 cm³/mol. The van der Waals surface area contributed by atoms with Crippen LogP contribution in [0.5, 0.6) is 0 Å². The SMILES string of the molecule is O=C(CC1CCCCO1)Nc1ccc2sc(C(=O)O)cc2c1. The van der Waals surface area contributed by atoms with Crippen LogP contribution in [0.15, 0.2) is 24.3 Å². The Labute approximate surface area is 131 Å². The van der Waals surface area contributed by atoms with Crippen molar-refractivity contribution in [1.29, 1.82) is 0 Å². The highest BCUT2D eigenvalue weighted by Gasteiger charge is 2.18. The number of carboxylic acids is 1. The Morgan fingerprint density at radius 3 is 2.91 bits per heavy atom. The molecule has 116 valence electrons. The lowest BCUT2D eigenvalue weighted by molar-refractivity contribution is -0.119. The van der Waals surface area contributed by atoms with Crippen molar-refractivity contribution in [2.45, 2.75) is 31.8 Å². The quantitative estimate of drug-likeness (QED) is 0.904. The van der Waals surface area contributed by atoms with Gasteiger partial charge in [-0.05, 0) is 48.9 Å². The molecular formula is C16H17NO4S. The van der Waals surface area contributed by atoms with E-state index < -0.39 is 5.97 Å². The molecule has 1 fully saturated rings. The third-order valence-electron chi connectivity index (χ3n) is 3.70. The second-order valence-electron chi connectivity index (χ2n) is 5.41. The maximum atomic E-state index is 12.0. The van der Waals surface area contributed by atoms with Gasteiger partial charge in [-0.3, -0.25) is 4.79 Å². The number of carboxylic acid groups (broad SMARTS) is 1. The van der Waals surface area contributed by atoms with E-state index in [1.54, 1.807) is 18.2 Å². The molecule has 1 aliphatic heterocycles. The highest BCUT2D eigenvalue weighted by molar-refractivity contribution is 7.20. The van der Waals surface area contributed by atoms with Gasteiger partial charge in [0.25, 0.3) is 0 Å². The monoisotopic (exact) mass is 319 g/mol. The maximum Gasteiger partial charge on any atom is 0.345 e. The number of thiophene rings is 1. The number of hydrogen-bond donors (Lipinski definition) is 2. The lowest BCUT2D eigenvalue weighted by Gasteiger charge is -2.21. The summed E-state index contributed by atoms with van der Waals surface area (Å²) in [7, 11) is 0. The molecule has 2 aromatic rings. The average molecular weight is 319 g/mol. The molecule has 22 heavy (non-hydrogen) atoms. The van der Waals surface area contributed by atoms with E-state index in [0.717, 1.165) is 36.0 Å². The van der Waals surface area contributed by atoms with Crippen LogP contribution in [0.25, 0.3) is 10.1 Å². The minimum absolute atomic E-state index is 0.0113. The van der Waals surface area contributed by atoms with Crippen LogP contribution in [0.2, 0.25) is 0 Å². The number of fused-ring (bicyclic) bond motifs is 1. The Morgan fingerprint density at radius 1 is 1.32 bits per heavy atom. The summed E-state index contributed by atoms with van der Waals surface area (Å²) >= 11 is 1.23. The van der Waals surface area contributed by atoms with Crippen molar-refractivity contribution in [3.8, 4) is 0 Å². The molecule has 1 aromatic heterocycles. The lowest BCUT2D eigenvalue weighted by Crippen LogP contribution is -2.25. The fourth-order valence-electron chi connectivity index (χ4n) is 2.61. The molecular weight excluding hydrogens is 302 g/mol. The van der Waals surface area contributed by atoms with E-state index in [-0.39, 0.29) is 12.0 Å². The molecule has 0 bridgehead atoms. The Balaban J connectivity index is 1.67. The van der Waals surface area contributed by atoms with Gasteiger partial charge >= 0.3 is 5.97 Å². The highest BCUT2D eigenvalue weighted by Crippen LogP contribution is 2.28. The van der Waals surface area contributed by atoms with E-state index in [4.69, 9.17) is 9.84 Å². The number of rotatable bonds is 4. The zero-order valence-electron chi connectivity index (χ0n) is 12.0. The van der Waals surface area contributed by atoms with Crippen molar-refractivity contribution in [3.05, 3.63) is 29.1 Å². The molecule has 5 nitrogen and oxygen atoms in total. The summed E-state index contributed by atoms with van der Waals surface area (Å²) in [6, 6.07) is 7.06. The van der Waals surface area contributed by atoms with E-state index >= 15 is 0 Å². The van der Waals surface area contributed by atoms with Crippen LogP contribution in [0.3, 0.4) is 0 Å². The zero-order chi connectivity index (χ0) is 15.5. The molecule has 0 saturated carbocycles. The molecule has 1 amide bonds. The van der Waals surface area contributed by atoms with Crippen LogP contribution in [-0.2, 0) is 9.53 Å². The van der Waals surface area contributed by atoms with Crippen molar-refractivity contribution < 1.29 is 19.4 Å². The number of ether oxygens (including phenoxy) is 1. The molecule has 1 unspecified atom stereocenters. The first-order valence-corrected chi connectivity index (χ1v) is 8.12. The van der Waals surface area contributed by atoms with Gasteiger partial charge in [0.15, 0.2) is 0 Å². The number of anilines is 1. The Kier molecular flexibility index (Phi) is 4.40. The van der Waals surface area contributed by atoms with Crippen LogP contribution in [0.4, 0.5) is 5.69 Å². The summed E-state index contributed by atoms with van der Waals surface area (Å²) < 4.78 is 6.46. The van der Waals surface area contributed by atoms with Crippen LogP contribution in [0, 0.1) is 0 Å². The first kappa shape index (κ1) is 15.0. The Hall–Kier alpha value is -1.92. The van der Waals surface area contributed by atoms with Gasteiger partial charge in [0.1, 0.15) is 4.88 Å². The Morgan fingerprint density at radius 2 is 2.18 bits per heavy atom. The normalized spacial score (nSPS) is 18.3. The second-order valence-corrected chi connectivity index (χ2v) is 6.49. The molecule has 2 N–H and O–H groups in total. The number of hydrogen-bond acceptors (Lipinski definition) is 4. The molecule has 1 aromatic carbocycles. The standard InChI is InChI=1S/C16H17NO4S/c18-15(9-12-3-1-2-6-21-12)17-11-4-5-13-10(7-11)8-14(22-13)16(19)20/h4-5,7-8,12H,1-3,6,9H2,(H,17,18)(H,19,20). The van der Waals surface area contributed by atoms with Crippen LogP contribution >= 0.6 is 11.3 Å². The first-order chi connectivity index (χ1) is 10.6. The maximum absolute atomic E-state index is 12.0. The van der Waals surface area contributed by atoms with E-state index in [1.807, 2.05) is 6.07 Å². The topological polar surface area (TPSA) is 75.6 Å². The molecule has 1 aliphatic rings. The van der Waals surface area contributed by atoms with Crippen LogP contribution in [-0.4, -0.2) is 29.7 Å². The molecule has 1 saturated heterocycles. The fraction of sp³-hybridized carbons (Fsp3) is 0.375. The summed E-state index contributed by atoms with van der Waals surface area (Å²) in [4.78, 5) is 23.3. The first-order valence-electron chi connectivity index (χ1n) is 7.30. The zero-order valence-corrected chi connectivity index (χ0v) is 12.8. The number of amides is 1. The number of aromatic carboxylic acids is 1. The highest BCUT2D eigenvalue weighted by atomic mass is 32.1. The van der Waals surface area contributed by atoms with Gasteiger partial charge < -0.3 is 15.2 Å². The summed E-state index contributed by atoms with van der Waals surface area (Å²) in [5, 5.41) is 12.7. The summed E-state index contributed by atoms with van der Waals surface area (Å²) in [5.41, 5.74) is 0.683. The van der Waals surface area contributed by atoms with Gasteiger partial charge in [-0.25, -0.2) is 4.79 Å². The second kappa shape index (κ2) is 6.46. The number of nitrogens with one attached hydrogen (secondary N) is 1. The van der Waals surface area contributed by atoms with E-state index in [0.29, 0.717) is 17.0 Å². The van der Waals surface area contributed by atoms with Crippen molar-refractivity contribution >= 4 is 39.0 Å². The molecule has 6 heteroatoms. The fourth-order valence-corrected chi connectivity index (χ4v) is 3.50. The van der Waals surface area contributed by atoms with Gasteiger partial charge in [-0.2, -0.15) is 0 Å². The lowest BCUT2D eigenvalue weighted by atomic mass is 10.1. The van der Waals surface area contributed by atoms with Crippen molar-refractivity contribution in [1.82, 2.24) is 0 Å². The number of carbonyl (C=O) groups excluding carboxylic acids is 1. The van der Waals surface area contributed by atoms with E-state index in [2.05, 4.69) is 5.32 Å². The van der Waals surface area contributed by atoms with E-state index in [1.165, 1.54) is 11.3 Å².